The Hall–Kier alpha value is -3.39. The quantitative estimate of drug-likeness (QED) is 0.529. The molecule has 0 aromatic heterocycles. The number of hydrogen-bond donors (Lipinski definition) is 1. The Morgan fingerprint density at radius 1 is 0.933 bits per heavy atom. The highest BCUT2D eigenvalue weighted by molar-refractivity contribution is 5.96. The van der Waals surface area contributed by atoms with Gasteiger partial charge in [-0.25, -0.2) is 14.4 Å². The average molecular weight is 412 g/mol. The monoisotopic (exact) mass is 412 g/mol. The van der Waals surface area contributed by atoms with Crippen molar-refractivity contribution < 1.29 is 29.0 Å². The van der Waals surface area contributed by atoms with Gasteiger partial charge in [-0.15, -0.1) is 0 Å². The number of benzene rings is 2. The number of aliphatic carboxylic acids is 1. The Morgan fingerprint density at radius 3 is 1.83 bits per heavy atom. The van der Waals surface area contributed by atoms with Gasteiger partial charge in [0, 0.05) is 20.2 Å². The molecule has 0 saturated carbocycles. The fraction of sp³-hybridized carbons (Fsp3) is 0.318. The van der Waals surface area contributed by atoms with Crippen molar-refractivity contribution in [1.82, 2.24) is 9.80 Å². The molecule has 1 heterocycles. The van der Waals surface area contributed by atoms with Gasteiger partial charge < -0.3 is 24.4 Å². The molecule has 2 aromatic carbocycles. The van der Waals surface area contributed by atoms with E-state index in [-0.39, 0.29) is 13.1 Å². The molecule has 30 heavy (non-hydrogen) atoms. The van der Waals surface area contributed by atoms with Crippen LogP contribution in [0, 0.1) is 0 Å². The number of hydrogen-bond acceptors (Lipinski definition) is 5. The van der Waals surface area contributed by atoms with Gasteiger partial charge in [-0.2, -0.15) is 0 Å². The van der Waals surface area contributed by atoms with Crippen molar-refractivity contribution in [3.63, 3.8) is 0 Å². The highest BCUT2D eigenvalue weighted by atomic mass is 16.7. The van der Waals surface area contributed by atoms with Gasteiger partial charge in [-0.1, -0.05) is 60.7 Å². The van der Waals surface area contributed by atoms with Gasteiger partial charge in [-0.05, 0) is 18.1 Å². The Bertz CT molecular complexity index is 889. The second kappa shape index (κ2) is 9.41. The maximum atomic E-state index is 13.2. The number of esters is 1. The lowest BCUT2D eigenvalue weighted by Crippen LogP contribution is -2.49. The summed E-state index contributed by atoms with van der Waals surface area (Å²) in [6.07, 6.45) is -0.871. The van der Waals surface area contributed by atoms with E-state index in [0.29, 0.717) is 0 Å². The van der Waals surface area contributed by atoms with Gasteiger partial charge in [0.2, 0.25) is 0 Å². The molecule has 0 aliphatic carbocycles. The number of carbonyl (C=O) groups is 3. The summed E-state index contributed by atoms with van der Waals surface area (Å²) in [7, 11) is 1.37. The third-order valence-corrected chi connectivity index (χ3v) is 4.96. The number of nitrogens with zero attached hydrogens (tertiary/aromatic N) is 2. The summed E-state index contributed by atoms with van der Waals surface area (Å²) in [6, 6.07) is 14.9. The number of urea groups is 1. The van der Waals surface area contributed by atoms with Crippen LogP contribution in [0.3, 0.4) is 0 Å². The maximum absolute atomic E-state index is 13.2. The first kappa shape index (κ1) is 21.3. The van der Waals surface area contributed by atoms with Crippen LogP contribution < -0.4 is 0 Å². The SMILES string of the molecule is COC(C)OC(=O)[C@@H]1[C@H](C(=O)O)N(Cc2ccccc2)C(=O)N1Cc1ccccc1. The smallest absolute Gasteiger partial charge is 0.334 e. The van der Waals surface area contributed by atoms with Crippen molar-refractivity contribution >= 4 is 18.0 Å². The van der Waals surface area contributed by atoms with Crippen molar-refractivity contribution in [2.24, 2.45) is 0 Å². The summed E-state index contributed by atoms with van der Waals surface area (Å²) in [4.78, 5) is 40.7. The Morgan fingerprint density at radius 2 is 1.40 bits per heavy atom. The van der Waals surface area contributed by atoms with Crippen molar-refractivity contribution in [2.45, 2.75) is 38.4 Å². The van der Waals surface area contributed by atoms with Gasteiger partial charge in [0.25, 0.3) is 0 Å². The van der Waals surface area contributed by atoms with Gasteiger partial charge in [0.15, 0.2) is 18.4 Å². The van der Waals surface area contributed by atoms with Gasteiger partial charge in [0.05, 0.1) is 0 Å². The molecule has 1 fully saturated rings. The molecule has 2 amide bonds. The average Bonchev–Trinajstić information content (AvgIpc) is 3.01. The fourth-order valence-electron chi connectivity index (χ4n) is 3.44. The number of ether oxygens (including phenoxy) is 2. The van der Waals surface area contributed by atoms with Crippen LogP contribution in [0.1, 0.15) is 18.1 Å². The van der Waals surface area contributed by atoms with Crippen LogP contribution >= 0.6 is 0 Å². The summed E-state index contributed by atoms with van der Waals surface area (Å²) < 4.78 is 10.2. The van der Waals surface area contributed by atoms with Crippen LogP contribution in [0.4, 0.5) is 4.79 Å². The molecule has 3 atom stereocenters. The first-order valence-electron chi connectivity index (χ1n) is 9.53. The van der Waals surface area contributed by atoms with Crippen LogP contribution in [0.5, 0.6) is 0 Å². The molecule has 8 nitrogen and oxygen atoms in total. The summed E-state index contributed by atoms with van der Waals surface area (Å²) in [5.74, 6) is -2.10. The minimum absolute atomic E-state index is 0.0611. The molecule has 0 radical (unpaired) electrons. The third kappa shape index (κ3) is 4.60. The zero-order chi connectivity index (χ0) is 21.7. The van der Waals surface area contributed by atoms with Gasteiger partial charge in [0.1, 0.15) is 0 Å². The molecular weight excluding hydrogens is 388 g/mol. The number of methoxy groups -OCH3 is 1. The predicted molar refractivity (Wildman–Crippen MR) is 107 cm³/mol. The summed E-state index contributed by atoms with van der Waals surface area (Å²) in [5.41, 5.74) is 1.53. The maximum Gasteiger partial charge on any atom is 0.334 e. The molecule has 1 aliphatic heterocycles. The van der Waals surface area contributed by atoms with E-state index in [1.54, 1.807) is 24.3 Å². The van der Waals surface area contributed by atoms with E-state index in [2.05, 4.69) is 0 Å². The second-order valence-corrected chi connectivity index (χ2v) is 6.98. The van der Waals surface area contributed by atoms with E-state index in [9.17, 15) is 19.5 Å². The molecule has 1 aliphatic rings. The lowest BCUT2D eigenvalue weighted by Gasteiger charge is -2.25. The molecule has 1 unspecified atom stereocenters. The van der Waals surface area contributed by atoms with Crippen molar-refractivity contribution in [1.29, 1.82) is 0 Å². The first-order chi connectivity index (χ1) is 14.4. The zero-order valence-electron chi connectivity index (χ0n) is 16.8. The molecule has 1 N–H and O–H groups in total. The molecule has 1 saturated heterocycles. The zero-order valence-corrected chi connectivity index (χ0v) is 16.8. The highest BCUT2D eigenvalue weighted by Gasteiger charge is 2.54. The fourth-order valence-corrected chi connectivity index (χ4v) is 3.44. The Kier molecular flexibility index (Phi) is 6.68. The minimum Gasteiger partial charge on any atom is -0.480 e. The predicted octanol–water partition coefficient (Wildman–Crippen LogP) is 2.48. The number of rotatable bonds is 8. The molecule has 0 bridgehead atoms. The van der Waals surface area contributed by atoms with Crippen LogP contribution in [0.2, 0.25) is 0 Å². The summed E-state index contributed by atoms with van der Waals surface area (Å²) >= 11 is 0. The van der Waals surface area contributed by atoms with Crippen LogP contribution in [-0.2, 0) is 32.2 Å². The van der Waals surface area contributed by atoms with E-state index >= 15 is 0 Å². The number of amides is 2. The van der Waals surface area contributed by atoms with E-state index in [4.69, 9.17) is 9.47 Å². The van der Waals surface area contributed by atoms with E-state index < -0.39 is 36.3 Å². The van der Waals surface area contributed by atoms with E-state index in [1.165, 1.54) is 23.8 Å². The normalized spacial score (nSPS) is 19.6. The number of carbonyl (C=O) groups excluding carboxylic acids is 2. The van der Waals surface area contributed by atoms with Gasteiger partial charge in [-0.3, -0.25) is 0 Å². The van der Waals surface area contributed by atoms with Crippen LogP contribution in [-0.4, -0.2) is 58.4 Å². The minimum atomic E-state index is -1.39. The van der Waals surface area contributed by atoms with Crippen molar-refractivity contribution in [3.8, 4) is 0 Å². The topological polar surface area (TPSA) is 96.4 Å². The second-order valence-electron chi connectivity index (χ2n) is 6.98. The lowest BCUT2D eigenvalue weighted by atomic mass is 10.1. The van der Waals surface area contributed by atoms with Crippen molar-refractivity contribution in [2.75, 3.05) is 7.11 Å². The molecule has 8 heteroatoms. The lowest BCUT2D eigenvalue weighted by molar-refractivity contribution is -0.177. The summed E-state index contributed by atoms with van der Waals surface area (Å²) in [5, 5.41) is 9.91. The van der Waals surface area contributed by atoms with Crippen molar-refractivity contribution in [3.05, 3.63) is 71.8 Å². The number of carboxylic acid groups (broad SMARTS) is 1. The number of carboxylic acids is 1. The molecule has 158 valence electrons. The Labute approximate surface area is 174 Å². The molecule has 2 aromatic rings. The van der Waals surface area contributed by atoms with E-state index in [1.807, 2.05) is 36.4 Å². The molecule has 0 spiro atoms. The Balaban J connectivity index is 1.96. The van der Waals surface area contributed by atoms with E-state index in [0.717, 1.165) is 11.1 Å². The largest absolute Gasteiger partial charge is 0.480 e. The highest BCUT2D eigenvalue weighted by Crippen LogP contribution is 2.29. The molecule has 3 rings (SSSR count). The molecular formula is C22H24N2O6. The third-order valence-electron chi connectivity index (χ3n) is 4.96. The van der Waals surface area contributed by atoms with Crippen LogP contribution in [0.15, 0.2) is 60.7 Å². The first-order valence-corrected chi connectivity index (χ1v) is 9.53. The van der Waals surface area contributed by atoms with Crippen LogP contribution in [0.25, 0.3) is 0 Å². The standard InChI is InChI=1S/C22H24N2O6/c1-15(29-2)30-21(27)19-18(20(25)26)23(13-16-9-5-3-6-10-16)22(28)24(19)14-17-11-7-4-8-12-17/h3-12,15,18-19H,13-14H2,1-2H3,(H,25,26)/t15?,18-,19+/m1/s1. The van der Waals surface area contributed by atoms with Gasteiger partial charge >= 0.3 is 18.0 Å². The summed E-state index contributed by atoms with van der Waals surface area (Å²) in [6.45, 7) is 1.66.